The summed E-state index contributed by atoms with van der Waals surface area (Å²) in [5, 5.41) is 3.61. The molecule has 1 aromatic rings. The molecule has 0 aliphatic carbocycles. The average Bonchev–Trinajstić information content (AvgIpc) is 3.10. The molecule has 0 spiro atoms. The highest BCUT2D eigenvalue weighted by Gasteiger charge is 2.28. The first-order valence-corrected chi connectivity index (χ1v) is 8.73. The van der Waals surface area contributed by atoms with Crippen LogP contribution in [0.2, 0.25) is 0 Å². The van der Waals surface area contributed by atoms with E-state index in [1.165, 1.54) is 32.8 Å². The van der Waals surface area contributed by atoms with Gasteiger partial charge in [-0.05, 0) is 68.9 Å². The molecule has 0 saturated carbocycles. The van der Waals surface area contributed by atoms with Gasteiger partial charge in [0.1, 0.15) is 0 Å². The summed E-state index contributed by atoms with van der Waals surface area (Å²) in [6, 6.07) is 5.97. The third-order valence-electron chi connectivity index (χ3n) is 5.15. The van der Waals surface area contributed by atoms with Crippen molar-refractivity contribution in [2.75, 3.05) is 26.7 Å². The number of nitrogens with zero attached hydrogens (tertiary/aromatic N) is 1. The normalized spacial score (nSPS) is 22.0. The number of methoxy groups -OCH3 is 1. The van der Waals surface area contributed by atoms with Gasteiger partial charge in [-0.2, -0.15) is 8.78 Å². The minimum absolute atomic E-state index is 0. The summed E-state index contributed by atoms with van der Waals surface area (Å²) in [6.07, 6.45) is 5.00. The lowest BCUT2D eigenvalue weighted by atomic mass is 9.88. The summed E-state index contributed by atoms with van der Waals surface area (Å²) in [5.74, 6) is 1.22. The monoisotopic (exact) mass is 376 g/mol. The third-order valence-corrected chi connectivity index (χ3v) is 5.15. The van der Waals surface area contributed by atoms with Crippen LogP contribution in [0.5, 0.6) is 11.5 Å². The Labute approximate surface area is 154 Å². The van der Waals surface area contributed by atoms with E-state index in [0.717, 1.165) is 37.7 Å². The fraction of sp³-hybridized carbons (Fsp3) is 0.667. The van der Waals surface area contributed by atoms with Crippen LogP contribution < -0.4 is 14.8 Å². The minimum Gasteiger partial charge on any atom is -0.493 e. The zero-order valence-electron chi connectivity index (χ0n) is 14.5. The van der Waals surface area contributed by atoms with Gasteiger partial charge in [-0.3, -0.25) is 4.90 Å². The SMILES string of the molecule is COc1ccc(CN2CCC(C3CCCN3)CC2)cc1OC(F)F.Cl. The molecule has 25 heavy (non-hydrogen) atoms. The van der Waals surface area contributed by atoms with Gasteiger partial charge in [0, 0.05) is 12.6 Å². The van der Waals surface area contributed by atoms with Gasteiger partial charge in [0.2, 0.25) is 0 Å². The maximum Gasteiger partial charge on any atom is 0.387 e. The van der Waals surface area contributed by atoms with Crippen LogP contribution in [0.15, 0.2) is 18.2 Å². The first-order valence-electron chi connectivity index (χ1n) is 8.73. The lowest BCUT2D eigenvalue weighted by Crippen LogP contribution is -2.40. The standard InChI is InChI=1S/C18H26F2N2O2.ClH/c1-23-16-5-4-13(11-17(16)24-18(19)20)12-22-9-6-14(7-10-22)15-3-2-8-21-15;/h4-5,11,14-15,18,21H,2-3,6-10,12H2,1H3;1H. The van der Waals surface area contributed by atoms with Crippen molar-refractivity contribution in [3.05, 3.63) is 23.8 Å². The number of ether oxygens (including phenoxy) is 2. The smallest absolute Gasteiger partial charge is 0.387 e. The molecule has 142 valence electrons. The average molecular weight is 377 g/mol. The van der Waals surface area contributed by atoms with Crippen molar-refractivity contribution in [1.29, 1.82) is 0 Å². The van der Waals surface area contributed by atoms with Crippen molar-refractivity contribution in [2.45, 2.75) is 44.9 Å². The second kappa shape index (κ2) is 9.55. The fourth-order valence-corrected chi connectivity index (χ4v) is 3.89. The molecule has 7 heteroatoms. The molecule has 2 aliphatic heterocycles. The number of hydrogen-bond acceptors (Lipinski definition) is 4. The molecule has 0 bridgehead atoms. The van der Waals surface area contributed by atoms with Crippen molar-refractivity contribution in [1.82, 2.24) is 10.2 Å². The van der Waals surface area contributed by atoms with E-state index in [-0.39, 0.29) is 18.2 Å². The summed E-state index contributed by atoms with van der Waals surface area (Å²) in [4.78, 5) is 2.39. The number of likely N-dealkylation sites (tertiary alicyclic amines) is 1. The van der Waals surface area contributed by atoms with Gasteiger partial charge >= 0.3 is 6.61 Å². The van der Waals surface area contributed by atoms with Gasteiger partial charge < -0.3 is 14.8 Å². The van der Waals surface area contributed by atoms with Crippen LogP contribution in [0.1, 0.15) is 31.2 Å². The molecule has 1 atom stereocenters. The Kier molecular flexibility index (Phi) is 7.72. The van der Waals surface area contributed by atoms with Gasteiger partial charge in [0.25, 0.3) is 0 Å². The molecule has 3 rings (SSSR count). The number of nitrogens with one attached hydrogen (secondary N) is 1. The largest absolute Gasteiger partial charge is 0.493 e. The number of benzene rings is 1. The molecule has 2 aliphatic rings. The molecular formula is C18H27ClF2N2O2. The molecule has 1 aromatic carbocycles. The van der Waals surface area contributed by atoms with Crippen LogP contribution in [-0.4, -0.2) is 44.3 Å². The van der Waals surface area contributed by atoms with Crippen LogP contribution in [-0.2, 0) is 6.54 Å². The molecular weight excluding hydrogens is 350 g/mol. The first-order chi connectivity index (χ1) is 11.7. The third kappa shape index (κ3) is 5.43. The van der Waals surface area contributed by atoms with E-state index in [0.29, 0.717) is 11.8 Å². The first kappa shape index (κ1) is 20.2. The molecule has 2 fully saturated rings. The summed E-state index contributed by atoms with van der Waals surface area (Å²) in [5.41, 5.74) is 0.976. The fourth-order valence-electron chi connectivity index (χ4n) is 3.89. The lowest BCUT2D eigenvalue weighted by molar-refractivity contribution is -0.0512. The molecule has 0 radical (unpaired) electrons. The highest BCUT2D eigenvalue weighted by molar-refractivity contribution is 5.85. The molecule has 2 saturated heterocycles. The minimum atomic E-state index is -2.84. The predicted molar refractivity (Wildman–Crippen MR) is 95.9 cm³/mol. The van der Waals surface area contributed by atoms with E-state index in [1.807, 2.05) is 6.07 Å². The van der Waals surface area contributed by atoms with Gasteiger partial charge in [-0.1, -0.05) is 6.07 Å². The van der Waals surface area contributed by atoms with Gasteiger partial charge in [0.05, 0.1) is 7.11 Å². The number of halogens is 3. The van der Waals surface area contributed by atoms with Gasteiger partial charge in [-0.25, -0.2) is 0 Å². The topological polar surface area (TPSA) is 33.7 Å². The Morgan fingerprint density at radius 2 is 1.96 bits per heavy atom. The summed E-state index contributed by atoms with van der Waals surface area (Å²) in [7, 11) is 1.45. The molecule has 0 amide bonds. The van der Waals surface area contributed by atoms with Gasteiger partial charge in [-0.15, -0.1) is 12.4 Å². The highest BCUT2D eigenvalue weighted by Crippen LogP contribution is 2.31. The number of rotatable bonds is 6. The van der Waals surface area contributed by atoms with E-state index in [1.54, 1.807) is 12.1 Å². The predicted octanol–water partition coefficient (Wildman–Crippen LogP) is 3.68. The van der Waals surface area contributed by atoms with Crippen LogP contribution in [0, 0.1) is 5.92 Å². The van der Waals surface area contributed by atoms with Crippen LogP contribution in [0.3, 0.4) is 0 Å². The van der Waals surface area contributed by atoms with Gasteiger partial charge in [0.15, 0.2) is 11.5 Å². The second-order valence-corrected chi connectivity index (χ2v) is 6.68. The Bertz CT molecular complexity index is 534. The Morgan fingerprint density at radius 3 is 2.56 bits per heavy atom. The summed E-state index contributed by atoms with van der Waals surface area (Å²) < 4.78 is 34.7. The number of piperidine rings is 1. The van der Waals surface area contributed by atoms with Crippen molar-refractivity contribution in [2.24, 2.45) is 5.92 Å². The molecule has 1 unspecified atom stereocenters. The van der Waals surface area contributed by atoms with Crippen LogP contribution >= 0.6 is 12.4 Å². The van der Waals surface area contributed by atoms with E-state index in [4.69, 9.17) is 4.74 Å². The van der Waals surface area contributed by atoms with Crippen molar-refractivity contribution in [3.63, 3.8) is 0 Å². The summed E-state index contributed by atoms with van der Waals surface area (Å²) >= 11 is 0. The quantitative estimate of drug-likeness (QED) is 0.821. The van der Waals surface area contributed by atoms with E-state index >= 15 is 0 Å². The number of hydrogen-bond donors (Lipinski definition) is 1. The van der Waals surface area contributed by atoms with E-state index < -0.39 is 6.61 Å². The second-order valence-electron chi connectivity index (χ2n) is 6.68. The molecule has 4 nitrogen and oxygen atoms in total. The Hall–Kier alpha value is -1.11. The van der Waals surface area contributed by atoms with Crippen LogP contribution in [0.4, 0.5) is 8.78 Å². The zero-order chi connectivity index (χ0) is 16.9. The highest BCUT2D eigenvalue weighted by atomic mass is 35.5. The van der Waals surface area contributed by atoms with Crippen LogP contribution in [0.25, 0.3) is 0 Å². The Morgan fingerprint density at radius 1 is 1.20 bits per heavy atom. The Balaban J connectivity index is 0.00000225. The van der Waals surface area contributed by atoms with Crippen molar-refractivity contribution < 1.29 is 18.3 Å². The number of alkyl halides is 2. The molecule has 2 heterocycles. The van der Waals surface area contributed by atoms with Crippen molar-refractivity contribution >= 4 is 12.4 Å². The summed E-state index contributed by atoms with van der Waals surface area (Å²) in [6.45, 7) is 1.18. The molecule has 0 aromatic heterocycles. The maximum atomic E-state index is 12.5. The van der Waals surface area contributed by atoms with Crippen molar-refractivity contribution in [3.8, 4) is 11.5 Å². The van der Waals surface area contributed by atoms with E-state index in [2.05, 4.69) is 15.0 Å². The molecule has 1 N–H and O–H groups in total. The lowest BCUT2D eigenvalue weighted by Gasteiger charge is -2.35. The van der Waals surface area contributed by atoms with E-state index in [9.17, 15) is 8.78 Å². The zero-order valence-corrected chi connectivity index (χ0v) is 15.4. The maximum absolute atomic E-state index is 12.5.